The SMILES string of the molecule is OB(O)C1CC=CCC1. The van der Waals surface area contributed by atoms with Crippen molar-refractivity contribution in [2.24, 2.45) is 0 Å². The van der Waals surface area contributed by atoms with Gasteiger partial charge in [-0.1, -0.05) is 12.2 Å². The predicted molar refractivity (Wildman–Crippen MR) is 36.9 cm³/mol. The summed E-state index contributed by atoms with van der Waals surface area (Å²) in [6.45, 7) is 0. The molecule has 2 N–H and O–H groups in total. The van der Waals surface area contributed by atoms with Crippen LogP contribution in [-0.4, -0.2) is 17.2 Å². The summed E-state index contributed by atoms with van der Waals surface area (Å²) < 4.78 is 0. The van der Waals surface area contributed by atoms with Gasteiger partial charge in [-0.25, -0.2) is 0 Å². The summed E-state index contributed by atoms with van der Waals surface area (Å²) >= 11 is 0. The van der Waals surface area contributed by atoms with Crippen molar-refractivity contribution >= 4 is 7.12 Å². The molecule has 0 aromatic carbocycles. The molecule has 0 bridgehead atoms. The summed E-state index contributed by atoms with van der Waals surface area (Å²) in [6.07, 6.45) is 6.81. The molecule has 0 saturated heterocycles. The van der Waals surface area contributed by atoms with Crippen LogP contribution in [0.1, 0.15) is 19.3 Å². The molecule has 9 heavy (non-hydrogen) atoms. The normalized spacial score (nSPS) is 26.2. The molecule has 1 aliphatic rings. The lowest BCUT2D eigenvalue weighted by Gasteiger charge is -2.15. The maximum Gasteiger partial charge on any atom is 0.455 e. The molecule has 0 amide bonds. The van der Waals surface area contributed by atoms with E-state index in [1.807, 2.05) is 6.08 Å². The Morgan fingerprint density at radius 1 is 1.33 bits per heavy atom. The zero-order valence-electron chi connectivity index (χ0n) is 5.33. The summed E-state index contributed by atoms with van der Waals surface area (Å²) in [7, 11) is -1.12. The van der Waals surface area contributed by atoms with E-state index in [9.17, 15) is 0 Å². The molecule has 1 rings (SSSR count). The summed E-state index contributed by atoms with van der Waals surface area (Å²) in [5.41, 5.74) is 0. The van der Waals surface area contributed by atoms with Gasteiger partial charge in [0.2, 0.25) is 0 Å². The van der Waals surface area contributed by atoms with E-state index in [0.717, 1.165) is 19.3 Å². The number of rotatable bonds is 1. The van der Waals surface area contributed by atoms with Crippen LogP contribution < -0.4 is 0 Å². The van der Waals surface area contributed by atoms with Crippen LogP contribution in [0.2, 0.25) is 5.82 Å². The van der Waals surface area contributed by atoms with Gasteiger partial charge in [-0.15, -0.1) is 0 Å². The molecule has 0 aromatic rings. The molecule has 0 aliphatic heterocycles. The minimum absolute atomic E-state index is 0.0787. The average molecular weight is 126 g/mol. The van der Waals surface area contributed by atoms with Crippen LogP contribution in [0.25, 0.3) is 0 Å². The van der Waals surface area contributed by atoms with Crippen LogP contribution in [0, 0.1) is 0 Å². The highest BCUT2D eigenvalue weighted by Crippen LogP contribution is 2.24. The Morgan fingerprint density at radius 2 is 2.11 bits per heavy atom. The Balaban J connectivity index is 2.35. The van der Waals surface area contributed by atoms with Crippen LogP contribution in [0.15, 0.2) is 12.2 Å². The van der Waals surface area contributed by atoms with Crippen LogP contribution in [-0.2, 0) is 0 Å². The third kappa shape index (κ3) is 1.84. The molecule has 0 spiro atoms. The van der Waals surface area contributed by atoms with Crippen LogP contribution in [0.5, 0.6) is 0 Å². The third-order valence-corrected chi connectivity index (χ3v) is 1.73. The molecular formula is C6H11BO2. The van der Waals surface area contributed by atoms with E-state index in [1.165, 1.54) is 0 Å². The fourth-order valence-electron chi connectivity index (χ4n) is 1.09. The van der Waals surface area contributed by atoms with Gasteiger partial charge in [-0.05, 0) is 25.1 Å². The molecule has 0 aromatic heterocycles. The Bertz CT molecular complexity index is 112. The van der Waals surface area contributed by atoms with Crippen molar-refractivity contribution in [1.82, 2.24) is 0 Å². The minimum Gasteiger partial charge on any atom is -0.427 e. The second-order valence-corrected chi connectivity index (χ2v) is 2.46. The van der Waals surface area contributed by atoms with Crippen molar-refractivity contribution in [1.29, 1.82) is 0 Å². The van der Waals surface area contributed by atoms with Crippen molar-refractivity contribution < 1.29 is 10.0 Å². The Morgan fingerprint density at radius 3 is 2.44 bits per heavy atom. The van der Waals surface area contributed by atoms with E-state index in [-0.39, 0.29) is 5.82 Å². The molecule has 1 aliphatic carbocycles. The standard InChI is InChI=1S/C6H11BO2/c8-7(9)6-4-2-1-3-5-6/h1-2,6,8-9H,3-5H2. The van der Waals surface area contributed by atoms with Crippen molar-refractivity contribution in [3.63, 3.8) is 0 Å². The Hall–Kier alpha value is -0.275. The van der Waals surface area contributed by atoms with E-state index in [2.05, 4.69) is 6.08 Å². The molecule has 0 saturated carbocycles. The minimum atomic E-state index is -1.12. The van der Waals surface area contributed by atoms with Crippen molar-refractivity contribution in [3.8, 4) is 0 Å². The second kappa shape index (κ2) is 3.04. The van der Waals surface area contributed by atoms with Gasteiger partial charge < -0.3 is 10.0 Å². The van der Waals surface area contributed by atoms with Gasteiger partial charge in [0.15, 0.2) is 0 Å². The maximum atomic E-state index is 8.70. The first-order valence-corrected chi connectivity index (χ1v) is 3.32. The average Bonchev–Trinajstić information content (AvgIpc) is 1.90. The largest absolute Gasteiger partial charge is 0.455 e. The van der Waals surface area contributed by atoms with Gasteiger partial charge in [-0.3, -0.25) is 0 Å². The fraction of sp³-hybridized carbons (Fsp3) is 0.667. The summed E-state index contributed by atoms with van der Waals surface area (Å²) in [5.74, 6) is 0.0787. The van der Waals surface area contributed by atoms with E-state index >= 15 is 0 Å². The lowest BCUT2D eigenvalue weighted by Crippen LogP contribution is -2.20. The van der Waals surface area contributed by atoms with Crippen molar-refractivity contribution in [2.75, 3.05) is 0 Å². The maximum absolute atomic E-state index is 8.70. The first-order valence-electron chi connectivity index (χ1n) is 3.32. The molecule has 1 unspecified atom stereocenters. The van der Waals surface area contributed by atoms with E-state index in [0.29, 0.717) is 0 Å². The molecule has 0 heterocycles. The van der Waals surface area contributed by atoms with Crippen molar-refractivity contribution in [2.45, 2.75) is 25.1 Å². The third-order valence-electron chi connectivity index (χ3n) is 1.73. The topological polar surface area (TPSA) is 40.5 Å². The van der Waals surface area contributed by atoms with Gasteiger partial charge in [-0.2, -0.15) is 0 Å². The molecular weight excluding hydrogens is 115 g/mol. The lowest BCUT2D eigenvalue weighted by molar-refractivity contribution is 0.377. The highest BCUT2D eigenvalue weighted by atomic mass is 16.4. The van der Waals surface area contributed by atoms with Crippen molar-refractivity contribution in [3.05, 3.63) is 12.2 Å². The molecule has 0 radical (unpaired) electrons. The lowest BCUT2D eigenvalue weighted by atomic mass is 9.67. The Kier molecular flexibility index (Phi) is 2.31. The molecule has 50 valence electrons. The smallest absolute Gasteiger partial charge is 0.427 e. The van der Waals surface area contributed by atoms with Crippen LogP contribution in [0.3, 0.4) is 0 Å². The monoisotopic (exact) mass is 126 g/mol. The first-order chi connectivity index (χ1) is 4.30. The van der Waals surface area contributed by atoms with E-state index < -0.39 is 7.12 Å². The van der Waals surface area contributed by atoms with Gasteiger partial charge in [0, 0.05) is 0 Å². The molecule has 2 nitrogen and oxygen atoms in total. The van der Waals surface area contributed by atoms with Gasteiger partial charge in [0.05, 0.1) is 0 Å². The number of hydrogen-bond acceptors (Lipinski definition) is 2. The quantitative estimate of drug-likeness (QED) is 0.398. The molecule has 3 heteroatoms. The Labute approximate surface area is 55.3 Å². The predicted octanol–water partition coefficient (Wildman–Crippen LogP) is 0.570. The van der Waals surface area contributed by atoms with E-state index in [1.54, 1.807) is 0 Å². The highest BCUT2D eigenvalue weighted by Gasteiger charge is 2.22. The zero-order valence-corrected chi connectivity index (χ0v) is 5.33. The first kappa shape index (κ1) is 6.84. The van der Waals surface area contributed by atoms with Crippen LogP contribution in [0.4, 0.5) is 0 Å². The highest BCUT2D eigenvalue weighted by molar-refractivity contribution is 6.43. The summed E-state index contributed by atoms with van der Waals surface area (Å²) in [4.78, 5) is 0. The van der Waals surface area contributed by atoms with Gasteiger partial charge in [0.1, 0.15) is 0 Å². The van der Waals surface area contributed by atoms with Gasteiger partial charge >= 0.3 is 7.12 Å². The molecule has 0 fully saturated rings. The summed E-state index contributed by atoms with van der Waals surface area (Å²) in [5, 5.41) is 17.4. The molecule has 1 atom stereocenters. The number of hydrogen-bond donors (Lipinski definition) is 2. The van der Waals surface area contributed by atoms with Crippen LogP contribution >= 0.6 is 0 Å². The van der Waals surface area contributed by atoms with Gasteiger partial charge in [0.25, 0.3) is 0 Å². The summed E-state index contributed by atoms with van der Waals surface area (Å²) in [6, 6.07) is 0. The zero-order chi connectivity index (χ0) is 6.69. The fourth-order valence-corrected chi connectivity index (χ4v) is 1.09. The second-order valence-electron chi connectivity index (χ2n) is 2.46. The number of allylic oxidation sites excluding steroid dienone is 2. The van der Waals surface area contributed by atoms with E-state index in [4.69, 9.17) is 10.0 Å².